The number of anilines is 1. The molecule has 1 N–H and O–H groups in total. The van der Waals surface area contributed by atoms with Crippen LogP contribution in [0.5, 0.6) is 0 Å². The van der Waals surface area contributed by atoms with Crippen LogP contribution in [-0.2, 0) is 26.2 Å². The highest BCUT2D eigenvalue weighted by Crippen LogP contribution is 2.28. The van der Waals surface area contributed by atoms with Crippen LogP contribution in [0.4, 0.5) is 5.69 Å². The fourth-order valence-electron chi connectivity index (χ4n) is 3.11. The van der Waals surface area contributed by atoms with Crippen molar-refractivity contribution in [3.63, 3.8) is 0 Å². The summed E-state index contributed by atoms with van der Waals surface area (Å²) in [6.45, 7) is 5.04. The van der Waals surface area contributed by atoms with E-state index in [0.29, 0.717) is 20.7 Å². The monoisotopic (exact) mass is 557 g/mol. The van der Waals surface area contributed by atoms with Crippen LogP contribution < -0.4 is 9.62 Å². The van der Waals surface area contributed by atoms with Crippen molar-refractivity contribution in [3.05, 3.63) is 63.6 Å². The van der Waals surface area contributed by atoms with Gasteiger partial charge < -0.3 is 10.2 Å². The maximum Gasteiger partial charge on any atom is 0.244 e. The second-order valence-corrected chi connectivity index (χ2v) is 11.0. The number of halogens is 2. The Morgan fingerprint density at radius 1 is 1.09 bits per heavy atom. The third-order valence-corrected chi connectivity index (χ3v) is 7.43. The summed E-state index contributed by atoms with van der Waals surface area (Å²) >= 11 is 9.66. The number of rotatable bonds is 10. The predicted octanol–water partition coefficient (Wildman–Crippen LogP) is 4.20. The molecule has 0 saturated heterocycles. The van der Waals surface area contributed by atoms with Gasteiger partial charge in [0.1, 0.15) is 12.6 Å². The molecule has 0 saturated carbocycles. The van der Waals surface area contributed by atoms with Gasteiger partial charge in [-0.05, 0) is 60.0 Å². The molecule has 180 valence electrons. The molecule has 0 aromatic heterocycles. The predicted molar refractivity (Wildman–Crippen MR) is 136 cm³/mol. The lowest BCUT2D eigenvalue weighted by atomic mass is 10.1. The van der Waals surface area contributed by atoms with Crippen LogP contribution in [0.3, 0.4) is 0 Å². The van der Waals surface area contributed by atoms with Crippen LogP contribution >= 0.6 is 27.5 Å². The van der Waals surface area contributed by atoms with Crippen LogP contribution in [0.15, 0.2) is 53.0 Å². The molecule has 0 radical (unpaired) electrons. The maximum atomic E-state index is 13.5. The molecule has 0 aliphatic carbocycles. The molecule has 33 heavy (non-hydrogen) atoms. The third kappa shape index (κ3) is 7.45. The van der Waals surface area contributed by atoms with Gasteiger partial charge in [-0.25, -0.2) is 8.42 Å². The Labute approximate surface area is 209 Å². The minimum Gasteiger partial charge on any atom is -0.352 e. The van der Waals surface area contributed by atoms with Crippen LogP contribution in [0.2, 0.25) is 5.02 Å². The van der Waals surface area contributed by atoms with Crippen molar-refractivity contribution in [1.82, 2.24) is 10.2 Å². The molecule has 2 atom stereocenters. The van der Waals surface area contributed by atoms with Gasteiger partial charge in [0.05, 0.1) is 11.9 Å². The largest absolute Gasteiger partial charge is 0.352 e. The second kappa shape index (κ2) is 11.9. The standard InChI is InChI=1S/C23H29BrClN3O4S/c1-5-16(2)26-23(30)17(3)27(14-18-10-6-8-12-20(18)25)22(29)15-28(33(4,31)32)21-13-9-7-11-19(21)24/h6-13,16-17H,5,14-15H2,1-4H3,(H,26,30)/t16-,17-/m1/s1. The number of hydrogen-bond acceptors (Lipinski definition) is 4. The van der Waals surface area contributed by atoms with Gasteiger partial charge in [-0.2, -0.15) is 0 Å². The molecule has 0 spiro atoms. The van der Waals surface area contributed by atoms with Gasteiger partial charge in [0.25, 0.3) is 0 Å². The van der Waals surface area contributed by atoms with Gasteiger partial charge in [0.15, 0.2) is 0 Å². The molecule has 0 aliphatic rings. The summed E-state index contributed by atoms with van der Waals surface area (Å²) in [5, 5.41) is 3.34. The highest BCUT2D eigenvalue weighted by atomic mass is 79.9. The summed E-state index contributed by atoms with van der Waals surface area (Å²) in [6, 6.07) is 12.9. The van der Waals surface area contributed by atoms with E-state index in [9.17, 15) is 18.0 Å². The average molecular weight is 559 g/mol. The minimum absolute atomic E-state index is 0.0567. The van der Waals surface area contributed by atoms with Gasteiger partial charge in [-0.1, -0.05) is 48.9 Å². The second-order valence-electron chi connectivity index (χ2n) is 7.83. The van der Waals surface area contributed by atoms with Gasteiger partial charge >= 0.3 is 0 Å². The zero-order valence-electron chi connectivity index (χ0n) is 19.1. The maximum absolute atomic E-state index is 13.5. The first-order valence-electron chi connectivity index (χ1n) is 10.5. The van der Waals surface area contributed by atoms with Crippen molar-refractivity contribution in [1.29, 1.82) is 0 Å². The molecule has 0 aliphatic heterocycles. The van der Waals surface area contributed by atoms with Gasteiger partial charge in [0, 0.05) is 22.1 Å². The Balaban J connectivity index is 2.41. The summed E-state index contributed by atoms with van der Waals surface area (Å²) in [5.74, 6) is -0.848. The zero-order chi connectivity index (χ0) is 24.8. The summed E-state index contributed by atoms with van der Waals surface area (Å²) < 4.78 is 26.7. The Morgan fingerprint density at radius 2 is 1.70 bits per heavy atom. The number of carbonyl (C=O) groups excluding carboxylic acids is 2. The lowest BCUT2D eigenvalue weighted by Crippen LogP contribution is -2.52. The number of hydrogen-bond donors (Lipinski definition) is 1. The quantitative estimate of drug-likeness (QED) is 0.474. The van der Waals surface area contributed by atoms with E-state index in [0.717, 1.165) is 17.0 Å². The Bertz CT molecular complexity index is 1100. The van der Waals surface area contributed by atoms with E-state index in [1.807, 2.05) is 13.8 Å². The number of nitrogens with zero attached hydrogens (tertiary/aromatic N) is 2. The highest BCUT2D eigenvalue weighted by molar-refractivity contribution is 9.10. The van der Waals surface area contributed by atoms with Crippen molar-refractivity contribution < 1.29 is 18.0 Å². The molecule has 0 unspecified atom stereocenters. The van der Waals surface area contributed by atoms with E-state index in [-0.39, 0.29) is 18.5 Å². The van der Waals surface area contributed by atoms with Crippen LogP contribution in [0.1, 0.15) is 32.8 Å². The fourth-order valence-corrected chi connectivity index (χ4v) is 4.78. The minimum atomic E-state index is -3.79. The molecule has 2 aromatic carbocycles. The third-order valence-electron chi connectivity index (χ3n) is 5.27. The first-order valence-corrected chi connectivity index (χ1v) is 13.5. The summed E-state index contributed by atoms with van der Waals surface area (Å²) in [5.41, 5.74) is 0.991. The number of sulfonamides is 1. The lowest BCUT2D eigenvalue weighted by molar-refractivity contribution is -0.139. The molecule has 10 heteroatoms. The molecule has 0 fully saturated rings. The normalized spacial score (nSPS) is 13.2. The van der Waals surface area contributed by atoms with Gasteiger partial charge in [-0.15, -0.1) is 0 Å². The average Bonchev–Trinajstić information content (AvgIpc) is 2.76. The molecule has 0 bridgehead atoms. The molecular formula is C23H29BrClN3O4S. The number of para-hydroxylation sites is 1. The molecule has 2 amide bonds. The lowest BCUT2D eigenvalue weighted by Gasteiger charge is -2.32. The molecule has 2 aromatic rings. The summed E-state index contributed by atoms with van der Waals surface area (Å²) in [6.07, 6.45) is 1.78. The Hall–Kier alpha value is -2.10. The molecule has 7 nitrogen and oxygen atoms in total. The number of nitrogens with one attached hydrogen (secondary N) is 1. The zero-order valence-corrected chi connectivity index (χ0v) is 22.2. The van der Waals surface area contributed by atoms with Gasteiger partial charge in [0.2, 0.25) is 21.8 Å². The fraction of sp³-hybridized carbons (Fsp3) is 0.391. The van der Waals surface area contributed by atoms with Gasteiger partial charge in [-0.3, -0.25) is 13.9 Å². The Kier molecular flexibility index (Phi) is 9.75. The molecule has 2 rings (SSSR count). The van der Waals surface area contributed by atoms with Crippen LogP contribution in [-0.4, -0.2) is 50.0 Å². The molecule has 0 heterocycles. The number of carbonyl (C=O) groups is 2. The first kappa shape index (κ1) is 27.1. The van der Waals surface area contributed by atoms with Crippen LogP contribution in [0, 0.1) is 0 Å². The highest BCUT2D eigenvalue weighted by Gasteiger charge is 2.31. The van der Waals surface area contributed by atoms with Crippen molar-refractivity contribution in [3.8, 4) is 0 Å². The topological polar surface area (TPSA) is 86.8 Å². The van der Waals surface area contributed by atoms with E-state index in [1.54, 1.807) is 55.5 Å². The first-order chi connectivity index (χ1) is 15.5. The van der Waals surface area contributed by atoms with Crippen molar-refractivity contribution in [2.24, 2.45) is 0 Å². The van der Waals surface area contributed by atoms with Crippen molar-refractivity contribution >= 4 is 55.1 Å². The smallest absolute Gasteiger partial charge is 0.244 e. The molecular weight excluding hydrogens is 530 g/mol. The van der Waals surface area contributed by atoms with E-state index in [1.165, 1.54) is 4.90 Å². The van der Waals surface area contributed by atoms with E-state index >= 15 is 0 Å². The SMILES string of the molecule is CC[C@@H](C)NC(=O)[C@@H](C)N(Cc1ccccc1Cl)C(=O)CN(c1ccccc1Br)S(C)(=O)=O. The summed E-state index contributed by atoms with van der Waals surface area (Å²) in [4.78, 5) is 27.7. The van der Waals surface area contributed by atoms with E-state index in [2.05, 4.69) is 21.2 Å². The summed E-state index contributed by atoms with van der Waals surface area (Å²) in [7, 11) is -3.79. The number of benzene rings is 2. The van der Waals surface area contributed by atoms with Crippen molar-refractivity contribution in [2.45, 2.75) is 45.8 Å². The van der Waals surface area contributed by atoms with E-state index < -0.39 is 28.5 Å². The van der Waals surface area contributed by atoms with Crippen LogP contribution in [0.25, 0.3) is 0 Å². The number of amides is 2. The van der Waals surface area contributed by atoms with Crippen molar-refractivity contribution in [2.75, 3.05) is 17.1 Å². The Morgan fingerprint density at radius 3 is 2.27 bits per heavy atom. The van der Waals surface area contributed by atoms with E-state index in [4.69, 9.17) is 11.6 Å².